The monoisotopic (exact) mass is 375 g/mol. The lowest BCUT2D eigenvalue weighted by Crippen LogP contribution is -2.22. The van der Waals surface area contributed by atoms with Crippen LogP contribution >= 0.6 is 11.3 Å². The van der Waals surface area contributed by atoms with E-state index in [1.54, 1.807) is 18.7 Å². The Morgan fingerprint density at radius 1 is 1.19 bits per heavy atom. The largest absolute Gasteiger partial charge is 0.347 e. The number of imidazole rings is 1. The van der Waals surface area contributed by atoms with Crippen LogP contribution in [-0.2, 0) is 6.54 Å². The van der Waals surface area contributed by atoms with Gasteiger partial charge in [-0.25, -0.2) is 15.0 Å². The van der Waals surface area contributed by atoms with Crippen LogP contribution in [0.3, 0.4) is 0 Å². The fourth-order valence-corrected chi connectivity index (χ4v) is 3.63. The van der Waals surface area contributed by atoms with E-state index in [0.29, 0.717) is 11.4 Å². The topological polar surface area (TPSA) is 72.7 Å². The molecule has 1 amide bonds. The molecule has 0 saturated carbocycles. The lowest BCUT2D eigenvalue weighted by Gasteiger charge is -2.06. The number of carbonyl (C=O) groups excluding carboxylic acids is 1. The van der Waals surface area contributed by atoms with E-state index in [1.807, 2.05) is 60.2 Å². The summed E-state index contributed by atoms with van der Waals surface area (Å²) in [7, 11) is 0. The number of amides is 1. The third kappa shape index (κ3) is 3.78. The summed E-state index contributed by atoms with van der Waals surface area (Å²) in [5.41, 5.74) is 2.69. The zero-order valence-corrected chi connectivity index (χ0v) is 15.5. The number of hydrogen-bond donors (Lipinski definition) is 1. The molecule has 1 N–H and O–H groups in total. The molecule has 3 aromatic heterocycles. The molecule has 1 aromatic carbocycles. The van der Waals surface area contributed by atoms with Crippen LogP contribution < -0.4 is 5.32 Å². The van der Waals surface area contributed by atoms with Gasteiger partial charge >= 0.3 is 0 Å². The van der Waals surface area contributed by atoms with Gasteiger partial charge in [-0.15, -0.1) is 11.3 Å². The second-order valence-electron chi connectivity index (χ2n) is 5.98. The highest BCUT2D eigenvalue weighted by Gasteiger charge is 2.16. The van der Waals surface area contributed by atoms with Crippen molar-refractivity contribution in [1.82, 2.24) is 24.8 Å². The second-order valence-corrected chi connectivity index (χ2v) is 6.98. The molecule has 0 bridgehead atoms. The highest BCUT2D eigenvalue weighted by Crippen LogP contribution is 2.27. The van der Waals surface area contributed by atoms with Crippen molar-refractivity contribution in [3.63, 3.8) is 0 Å². The second kappa shape index (κ2) is 7.51. The molecule has 0 aliphatic carbocycles. The predicted molar refractivity (Wildman–Crippen MR) is 105 cm³/mol. The number of carbonyl (C=O) groups is 1. The number of pyridine rings is 1. The molecule has 0 aliphatic heterocycles. The van der Waals surface area contributed by atoms with Gasteiger partial charge in [0.2, 0.25) is 0 Å². The minimum Gasteiger partial charge on any atom is -0.347 e. The van der Waals surface area contributed by atoms with Crippen molar-refractivity contribution in [3.05, 3.63) is 83.5 Å². The first-order valence-corrected chi connectivity index (χ1v) is 9.26. The van der Waals surface area contributed by atoms with Crippen LogP contribution in [0.1, 0.15) is 20.9 Å². The average molecular weight is 375 g/mol. The van der Waals surface area contributed by atoms with Gasteiger partial charge in [0.15, 0.2) is 0 Å². The standard InChI is InChI=1S/C20H17N5OS/c1-14-18(27-20(24-14)16-5-3-2-4-6-16)19(26)23-12-15-7-8-17(22-11-15)25-10-9-21-13-25/h2-11,13H,12H2,1H3,(H,23,26). The smallest absolute Gasteiger partial charge is 0.263 e. The van der Waals surface area contributed by atoms with E-state index in [4.69, 9.17) is 0 Å². The molecule has 3 heterocycles. The van der Waals surface area contributed by atoms with Gasteiger partial charge in [-0.05, 0) is 18.6 Å². The maximum Gasteiger partial charge on any atom is 0.263 e. The number of benzene rings is 1. The van der Waals surface area contributed by atoms with Gasteiger partial charge in [0, 0.05) is 30.7 Å². The molecular formula is C20H17N5OS. The van der Waals surface area contributed by atoms with Crippen molar-refractivity contribution < 1.29 is 4.79 Å². The minimum atomic E-state index is -0.120. The summed E-state index contributed by atoms with van der Waals surface area (Å²) in [6, 6.07) is 13.7. The first-order valence-electron chi connectivity index (χ1n) is 8.45. The summed E-state index contributed by atoms with van der Waals surface area (Å²) >= 11 is 1.41. The van der Waals surface area contributed by atoms with Crippen LogP contribution in [0.2, 0.25) is 0 Å². The summed E-state index contributed by atoms with van der Waals surface area (Å²) in [4.78, 5) is 26.1. The highest BCUT2D eigenvalue weighted by atomic mass is 32.1. The first-order chi connectivity index (χ1) is 13.2. The lowest BCUT2D eigenvalue weighted by atomic mass is 10.2. The molecule has 0 unspecified atom stereocenters. The van der Waals surface area contributed by atoms with Crippen molar-refractivity contribution in [2.24, 2.45) is 0 Å². The Hall–Kier alpha value is -3.32. The molecule has 0 saturated heterocycles. The zero-order valence-electron chi connectivity index (χ0n) is 14.7. The maximum atomic E-state index is 12.6. The van der Waals surface area contributed by atoms with Crippen LogP contribution in [0.5, 0.6) is 0 Å². The van der Waals surface area contributed by atoms with E-state index >= 15 is 0 Å². The normalized spacial score (nSPS) is 10.7. The van der Waals surface area contributed by atoms with E-state index < -0.39 is 0 Å². The fraction of sp³-hybridized carbons (Fsp3) is 0.100. The molecule has 27 heavy (non-hydrogen) atoms. The molecule has 4 rings (SSSR count). The maximum absolute atomic E-state index is 12.6. The van der Waals surface area contributed by atoms with Gasteiger partial charge in [-0.3, -0.25) is 9.36 Å². The molecule has 0 fully saturated rings. The predicted octanol–water partition coefficient (Wildman–Crippen LogP) is 3.63. The molecule has 7 heteroatoms. The Morgan fingerprint density at radius 3 is 2.74 bits per heavy atom. The number of rotatable bonds is 5. The third-order valence-electron chi connectivity index (χ3n) is 4.05. The minimum absolute atomic E-state index is 0.120. The molecular weight excluding hydrogens is 358 g/mol. The number of thiazole rings is 1. The van der Waals surface area contributed by atoms with Crippen molar-refractivity contribution in [1.29, 1.82) is 0 Å². The number of nitrogens with zero attached hydrogens (tertiary/aromatic N) is 4. The molecule has 0 radical (unpaired) electrons. The Bertz CT molecular complexity index is 1040. The van der Waals surface area contributed by atoms with Crippen molar-refractivity contribution in [3.8, 4) is 16.4 Å². The van der Waals surface area contributed by atoms with E-state index in [-0.39, 0.29) is 5.91 Å². The van der Waals surface area contributed by atoms with Crippen LogP contribution in [0.4, 0.5) is 0 Å². The Balaban J connectivity index is 1.43. The van der Waals surface area contributed by atoms with Gasteiger partial charge in [-0.2, -0.15) is 0 Å². The molecule has 6 nitrogen and oxygen atoms in total. The number of aryl methyl sites for hydroxylation is 1. The molecule has 0 atom stereocenters. The molecule has 0 aliphatic rings. The fourth-order valence-electron chi connectivity index (χ4n) is 2.64. The summed E-state index contributed by atoms with van der Waals surface area (Å²) in [6.45, 7) is 2.27. The molecule has 134 valence electrons. The Morgan fingerprint density at radius 2 is 2.04 bits per heavy atom. The van der Waals surface area contributed by atoms with E-state index in [9.17, 15) is 4.79 Å². The zero-order chi connectivity index (χ0) is 18.6. The molecule has 0 spiro atoms. The number of hydrogen-bond acceptors (Lipinski definition) is 5. The molecule has 4 aromatic rings. The van der Waals surface area contributed by atoms with E-state index in [0.717, 1.165) is 27.6 Å². The highest BCUT2D eigenvalue weighted by molar-refractivity contribution is 7.17. The van der Waals surface area contributed by atoms with Gasteiger partial charge in [-0.1, -0.05) is 36.4 Å². The Kier molecular flexibility index (Phi) is 4.76. The first kappa shape index (κ1) is 17.1. The average Bonchev–Trinajstić information content (AvgIpc) is 3.37. The van der Waals surface area contributed by atoms with Crippen molar-refractivity contribution >= 4 is 17.2 Å². The quantitative estimate of drug-likeness (QED) is 0.578. The van der Waals surface area contributed by atoms with E-state index in [1.165, 1.54) is 11.3 Å². The van der Waals surface area contributed by atoms with Gasteiger partial charge in [0.1, 0.15) is 22.0 Å². The van der Waals surface area contributed by atoms with Crippen molar-refractivity contribution in [2.75, 3.05) is 0 Å². The summed E-state index contributed by atoms with van der Waals surface area (Å²) in [6.07, 6.45) is 6.99. The van der Waals surface area contributed by atoms with E-state index in [2.05, 4.69) is 20.3 Å². The van der Waals surface area contributed by atoms with Gasteiger partial charge in [0.05, 0.1) is 5.69 Å². The summed E-state index contributed by atoms with van der Waals surface area (Å²) < 4.78 is 1.83. The van der Waals surface area contributed by atoms with Crippen LogP contribution in [-0.4, -0.2) is 25.4 Å². The van der Waals surface area contributed by atoms with Crippen LogP contribution in [0, 0.1) is 6.92 Å². The number of nitrogens with one attached hydrogen (secondary N) is 1. The summed E-state index contributed by atoms with van der Waals surface area (Å²) in [5, 5.41) is 3.80. The number of aromatic nitrogens is 4. The Labute approximate surface area is 160 Å². The van der Waals surface area contributed by atoms with Gasteiger partial charge < -0.3 is 5.32 Å². The SMILES string of the molecule is Cc1nc(-c2ccccc2)sc1C(=O)NCc1ccc(-n2ccnc2)nc1. The third-order valence-corrected chi connectivity index (χ3v) is 5.26. The lowest BCUT2D eigenvalue weighted by molar-refractivity contribution is 0.0954. The van der Waals surface area contributed by atoms with Gasteiger partial charge in [0.25, 0.3) is 5.91 Å². The van der Waals surface area contributed by atoms with Crippen LogP contribution in [0.15, 0.2) is 67.4 Å². The summed E-state index contributed by atoms with van der Waals surface area (Å²) in [5.74, 6) is 0.666. The van der Waals surface area contributed by atoms with Crippen LogP contribution in [0.25, 0.3) is 16.4 Å². The van der Waals surface area contributed by atoms with Crippen molar-refractivity contribution in [2.45, 2.75) is 13.5 Å².